The summed E-state index contributed by atoms with van der Waals surface area (Å²) < 4.78 is 5.77. The number of aryl methyl sites for hydroxylation is 1. The van der Waals surface area contributed by atoms with Crippen molar-refractivity contribution in [2.75, 3.05) is 26.2 Å². The third-order valence-corrected chi connectivity index (χ3v) is 4.38. The zero-order chi connectivity index (χ0) is 14.4. The van der Waals surface area contributed by atoms with Gasteiger partial charge in [-0.15, -0.1) is 11.3 Å². The van der Waals surface area contributed by atoms with Crippen molar-refractivity contribution in [3.63, 3.8) is 0 Å². The Labute approximate surface area is 123 Å². The third kappa shape index (κ3) is 4.01. The minimum absolute atomic E-state index is 0.0118. The maximum absolute atomic E-state index is 9.14. The van der Waals surface area contributed by atoms with Crippen molar-refractivity contribution in [2.45, 2.75) is 25.9 Å². The summed E-state index contributed by atoms with van der Waals surface area (Å²) in [6.45, 7) is 4.97. The Balaban J connectivity index is 1.90. The van der Waals surface area contributed by atoms with Crippen molar-refractivity contribution in [1.82, 2.24) is 9.88 Å². The van der Waals surface area contributed by atoms with Gasteiger partial charge < -0.3 is 4.74 Å². The van der Waals surface area contributed by atoms with Crippen LogP contribution in [0.3, 0.4) is 0 Å². The van der Waals surface area contributed by atoms with Gasteiger partial charge in [0.1, 0.15) is 11.1 Å². The number of hydrogen-bond donors (Lipinski definition) is 0. The Morgan fingerprint density at radius 1 is 1.60 bits per heavy atom. The molecule has 2 heterocycles. The number of ether oxygens (including phenoxy) is 1. The fraction of sp³-hybridized carbons (Fsp3) is 0.643. The Morgan fingerprint density at radius 2 is 2.45 bits per heavy atom. The van der Waals surface area contributed by atoms with Crippen molar-refractivity contribution in [1.29, 1.82) is 10.5 Å². The largest absolute Gasteiger partial charge is 0.368 e. The highest BCUT2D eigenvalue weighted by Crippen LogP contribution is 2.25. The van der Waals surface area contributed by atoms with Gasteiger partial charge in [0.05, 0.1) is 24.7 Å². The highest BCUT2D eigenvalue weighted by molar-refractivity contribution is 7.09. The van der Waals surface area contributed by atoms with E-state index in [0.717, 1.165) is 23.8 Å². The molecule has 2 atom stereocenters. The van der Waals surface area contributed by atoms with E-state index in [-0.39, 0.29) is 12.0 Å². The van der Waals surface area contributed by atoms with Gasteiger partial charge in [-0.3, -0.25) is 4.90 Å². The lowest BCUT2D eigenvalue weighted by Crippen LogP contribution is -2.40. The maximum atomic E-state index is 9.14. The van der Waals surface area contributed by atoms with Gasteiger partial charge in [0, 0.05) is 37.1 Å². The lowest BCUT2D eigenvalue weighted by atomic mass is 10.0. The number of aromatic nitrogens is 1. The van der Waals surface area contributed by atoms with Crippen LogP contribution in [0.15, 0.2) is 5.38 Å². The van der Waals surface area contributed by atoms with Crippen molar-refractivity contribution >= 4 is 11.3 Å². The van der Waals surface area contributed by atoms with Gasteiger partial charge in [-0.1, -0.05) is 0 Å². The van der Waals surface area contributed by atoms with Crippen LogP contribution in [0, 0.1) is 35.5 Å². The van der Waals surface area contributed by atoms with Crippen molar-refractivity contribution < 1.29 is 4.74 Å². The lowest BCUT2D eigenvalue weighted by molar-refractivity contribution is -0.0329. The summed E-state index contributed by atoms with van der Waals surface area (Å²) in [4.78, 5) is 6.72. The summed E-state index contributed by atoms with van der Waals surface area (Å²) in [6, 6.07) is 4.40. The molecule has 6 heteroatoms. The standard InChI is InChI=1S/C14H18N4OS/c1-11-10-20-14(17-11)13-9-18(5-6-19-13)8-12(7-16)3-2-4-15/h10,12-13H,2-3,5-6,8-9H2,1H3/t12-,13+/m1/s1. The molecule has 0 N–H and O–H groups in total. The molecule has 0 aliphatic carbocycles. The summed E-state index contributed by atoms with van der Waals surface area (Å²) in [5.41, 5.74) is 1.02. The summed E-state index contributed by atoms with van der Waals surface area (Å²) >= 11 is 1.63. The van der Waals surface area contributed by atoms with E-state index in [2.05, 4.69) is 22.0 Å². The van der Waals surface area contributed by atoms with Crippen LogP contribution < -0.4 is 0 Å². The molecule has 1 aromatic heterocycles. The number of rotatable bonds is 5. The van der Waals surface area contributed by atoms with E-state index in [1.807, 2.05) is 12.3 Å². The Bertz CT molecular complexity index is 516. The second-order valence-corrected chi connectivity index (χ2v) is 5.86. The van der Waals surface area contributed by atoms with Gasteiger partial charge in [0.15, 0.2) is 0 Å². The molecule has 2 rings (SSSR count). The van der Waals surface area contributed by atoms with Crippen molar-refractivity contribution in [2.24, 2.45) is 5.92 Å². The number of morpholine rings is 1. The molecule has 20 heavy (non-hydrogen) atoms. The van der Waals surface area contributed by atoms with Gasteiger partial charge in [-0.05, 0) is 13.3 Å². The molecule has 1 aromatic rings. The van der Waals surface area contributed by atoms with Crippen LogP contribution in [0.1, 0.15) is 29.6 Å². The molecular weight excluding hydrogens is 272 g/mol. The van der Waals surface area contributed by atoms with E-state index in [1.165, 1.54) is 0 Å². The smallest absolute Gasteiger partial charge is 0.123 e. The topological polar surface area (TPSA) is 72.9 Å². The van der Waals surface area contributed by atoms with E-state index < -0.39 is 0 Å². The van der Waals surface area contributed by atoms with Crippen molar-refractivity contribution in [3.8, 4) is 12.1 Å². The molecule has 106 valence electrons. The van der Waals surface area contributed by atoms with Crippen LogP contribution in [0.5, 0.6) is 0 Å². The van der Waals surface area contributed by atoms with Gasteiger partial charge in [0.2, 0.25) is 0 Å². The molecule has 0 saturated carbocycles. The highest BCUT2D eigenvalue weighted by Gasteiger charge is 2.25. The summed E-state index contributed by atoms with van der Waals surface area (Å²) in [5, 5.41) is 20.8. The van der Waals surface area contributed by atoms with Gasteiger partial charge >= 0.3 is 0 Å². The van der Waals surface area contributed by atoms with Crippen LogP contribution in [0.2, 0.25) is 0 Å². The Kier molecular flexibility index (Phi) is 5.49. The van der Waals surface area contributed by atoms with Crippen LogP contribution in [0.25, 0.3) is 0 Å². The number of hydrogen-bond acceptors (Lipinski definition) is 6. The van der Waals surface area contributed by atoms with Crippen molar-refractivity contribution in [3.05, 3.63) is 16.1 Å². The fourth-order valence-corrected chi connectivity index (χ4v) is 3.12. The fourth-order valence-electron chi connectivity index (χ4n) is 2.28. The molecule has 1 aliphatic rings. The first-order valence-electron chi connectivity index (χ1n) is 6.75. The van der Waals surface area contributed by atoms with E-state index in [9.17, 15) is 0 Å². The zero-order valence-corrected chi connectivity index (χ0v) is 12.4. The maximum Gasteiger partial charge on any atom is 0.123 e. The van der Waals surface area contributed by atoms with Gasteiger partial charge in [-0.2, -0.15) is 10.5 Å². The molecule has 0 aromatic carbocycles. The molecule has 0 radical (unpaired) electrons. The molecule has 0 amide bonds. The highest BCUT2D eigenvalue weighted by atomic mass is 32.1. The van der Waals surface area contributed by atoms with E-state index in [4.69, 9.17) is 15.3 Å². The van der Waals surface area contributed by atoms with Crippen LogP contribution in [-0.2, 0) is 4.74 Å². The summed E-state index contributed by atoms with van der Waals surface area (Å²) in [7, 11) is 0. The quantitative estimate of drug-likeness (QED) is 0.831. The molecule has 0 bridgehead atoms. The monoisotopic (exact) mass is 290 g/mol. The average molecular weight is 290 g/mol. The predicted molar refractivity (Wildman–Crippen MR) is 75.9 cm³/mol. The van der Waals surface area contributed by atoms with Crippen LogP contribution in [-0.4, -0.2) is 36.1 Å². The Hall–Kier alpha value is -1.47. The molecule has 0 unspecified atom stereocenters. The van der Waals surface area contributed by atoms with E-state index in [0.29, 0.717) is 26.0 Å². The molecule has 1 fully saturated rings. The molecule has 1 aliphatic heterocycles. The van der Waals surface area contributed by atoms with Crippen LogP contribution in [0.4, 0.5) is 0 Å². The molecule has 1 saturated heterocycles. The lowest BCUT2D eigenvalue weighted by Gasteiger charge is -2.32. The zero-order valence-electron chi connectivity index (χ0n) is 11.6. The van der Waals surface area contributed by atoms with Gasteiger partial charge in [-0.25, -0.2) is 4.98 Å². The first kappa shape index (κ1) is 14.9. The minimum atomic E-state index is -0.0774. The summed E-state index contributed by atoms with van der Waals surface area (Å²) in [6.07, 6.45) is 1.10. The number of thiazole rings is 1. The second kappa shape index (κ2) is 7.35. The number of nitrogens with zero attached hydrogens (tertiary/aromatic N) is 4. The minimum Gasteiger partial charge on any atom is -0.368 e. The van der Waals surface area contributed by atoms with Gasteiger partial charge in [0.25, 0.3) is 0 Å². The van der Waals surface area contributed by atoms with E-state index >= 15 is 0 Å². The second-order valence-electron chi connectivity index (χ2n) is 4.97. The predicted octanol–water partition coefficient (Wildman–Crippen LogP) is 2.27. The van der Waals surface area contributed by atoms with Crippen LogP contribution >= 0.6 is 11.3 Å². The average Bonchev–Trinajstić information content (AvgIpc) is 2.90. The molecule has 0 spiro atoms. The van der Waals surface area contributed by atoms with E-state index in [1.54, 1.807) is 11.3 Å². The third-order valence-electron chi connectivity index (χ3n) is 3.33. The normalized spacial score (nSPS) is 21.1. The first-order valence-corrected chi connectivity index (χ1v) is 7.63. The molecule has 5 nitrogen and oxygen atoms in total. The summed E-state index contributed by atoms with van der Waals surface area (Å²) in [5.74, 6) is -0.0774. The first-order chi connectivity index (χ1) is 9.72. The molecular formula is C14H18N4OS. The Morgan fingerprint density at radius 3 is 3.10 bits per heavy atom. The SMILES string of the molecule is Cc1csc([C@@H]2CN(C[C@@H](C#N)CCC#N)CCO2)n1. The number of nitriles is 2.